The first-order chi connectivity index (χ1) is 7.70. The van der Waals surface area contributed by atoms with Gasteiger partial charge in [-0.1, -0.05) is 6.07 Å². The predicted molar refractivity (Wildman–Crippen MR) is 62.1 cm³/mol. The molecule has 1 unspecified atom stereocenters. The summed E-state index contributed by atoms with van der Waals surface area (Å²) >= 11 is 0. The molecule has 1 heterocycles. The molecule has 4 heteroatoms. The third kappa shape index (κ3) is 4.89. The lowest BCUT2D eigenvalue weighted by Crippen LogP contribution is -2.20. The zero-order valence-electron chi connectivity index (χ0n) is 9.52. The standard InChI is InChI=1S/C12H18N2O2/c1-10(11-6-2-4-9-14-11)13-8-5-3-7-12(15)16/h2,4,6,9-10,13H,3,5,7-8H2,1H3,(H,15,16). The average Bonchev–Trinajstić information content (AvgIpc) is 2.29. The van der Waals surface area contributed by atoms with Crippen molar-refractivity contribution in [3.8, 4) is 0 Å². The molecule has 1 atom stereocenters. The number of nitrogens with zero attached hydrogens (tertiary/aromatic N) is 1. The Hall–Kier alpha value is -1.42. The maximum absolute atomic E-state index is 10.3. The Labute approximate surface area is 95.7 Å². The second-order valence-electron chi connectivity index (χ2n) is 3.78. The number of carboxylic acid groups (broad SMARTS) is 1. The van der Waals surface area contributed by atoms with Crippen molar-refractivity contribution < 1.29 is 9.90 Å². The molecule has 4 nitrogen and oxygen atoms in total. The van der Waals surface area contributed by atoms with E-state index in [1.54, 1.807) is 6.20 Å². The Morgan fingerprint density at radius 3 is 2.94 bits per heavy atom. The molecule has 88 valence electrons. The van der Waals surface area contributed by atoms with Crippen molar-refractivity contribution >= 4 is 5.97 Å². The molecule has 0 aliphatic carbocycles. The lowest BCUT2D eigenvalue weighted by molar-refractivity contribution is -0.137. The fourth-order valence-electron chi connectivity index (χ4n) is 1.46. The number of aromatic nitrogens is 1. The number of nitrogens with one attached hydrogen (secondary N) is 1. The van der Waals surface area contributed by atoms with Crippen LogP contribution in [-0.2, 0) is 4.79 Å². The first-order valence-electron chi connectivity index (χ1n) is 5.56. The Morgan fingerprint density at radius 2 is 2.31 bits per heavy atom. The van der Waals surface area contributed by atoms with E-state index < -0.39 is 5.97 Å². The van der Waals surface area contributed by atoms with Crippen LogP contribution in [0.5, 0.6) is 0 Å². The minimum absolute atomic E-state index is 0.214. The normalized spacial score (nSPS) is 12.3. The van der Waals surface area contributed by atoms with Crippen molar-refractivity contribution in [2.75, 3.05) is 6.54 Å². The summed E-state index contributed by atoms with van der Waals surface area (Å²) in [5.41, 5.74) is 1.01. The van der Waals surface area contributed by atoms with Crippen molar-refractivity contribution in [2.45, 2.75) is 32.2 Å². The highest BCUT2D eigenvalue weighted by molar-refractivity contribution is 5.66. The molecule has 0 bridgehead atoms. The fourth-order valence-corrected chi connectivity index (χ4v) is 1.46. The molecule has 0 saturated carbocycles. The number of hydrogen-bond acceptors (Lipinski definition) is 3. The van der Waals surface area contributed by atoms with E-state index in [0.29, 0.717) is 0 Å². The van der Waals surface area contributed by atoms with Gasteiger partial charge in [0.15, 0.2) is 0 Å². The first-order valence-corrected chi connectivity index (χ1v) is 5.56. The number of aliphatic carboxylic acids is 1. The highest BCUT2D eigenvalue weighted by Gasteiger charge is 2.04. The molecule has 0 aliphatic heterocycles. The van der Waals surface area contributed by atoms with Crippen molar-refractivity contribution in [1.29, 1.82) is 0 Å². The number of carbonyl (C=O) groups is 1. The van der Waals surface area contributed by atoms with E-state index in [1.807, 2.05) is 18.2 Å². The smallest absolute Gasteiger partial charge is 0.303 e. The maximum Gasteiger partial charge on any atom is 0.303 e. The van der Waals surface area contributed by atoms with Crippen LogP contribution < -0.4 is 5.32 Å². The summed E-state index contributed by atoms with van der Waals surface area (Å²) in [6, 6.07) is 6.05. The van der Waals surface area contributed by atoms with Gasteiger partial charge in [-0.15, -0.1) is 0 Å². The molecule has 1 aromatic heterocycles. The number of pyridine rings is 1. The van der Waals surface area contributed by atoms with Gasteiger partial charge in [0.2, 0.25) is 0 Å². The summed E-state index contributed by atoms with van der Waals surface area (Å²) in [6.07, 6.45) is 3.62. The number of hydrogen-bond donors (Lipinski definition) is 2. The van der Waals surface area contributed by atoms with E-state index in [9.17, 15) is 4.79 Å². The van der Waals surface area contributed by atoms with Gasteiger partial charge in [-0.2, -0.15) is 0 Å². The van der Waals surface area contributed by atoms with E-state index >= 15 is 0 Å². The lowest BCUT2D eigenvalue weighted by atomic mass is 10.2. The van der Waals surface area contributed by atoms with Gasteiger partial charge in [0.05, 0.1) is 5.69 Å². The molecule has 0 aromatic carbocycles. The Balaban J connectivity index is 2.16. The van der Waals surface area contributed by atoms with E-state index in [4.69, 9.17) is 5.11 Å². The summed E-state index contributed by atoms with van der Waals surface area (Å²) in [7, 11) is 0. The Bertz CT molecular complexity index is 314. The number of unbranched alkanes of at least 4 members (excludes halogenated alkanes) is 1. The molecular weight excluding hydrogens is 204 g/mol. The van der Waals surface area contributed by atoms with Gasteiger partial charge in [-0.05, 0) is 38.4 Å². The predicted octanol–water partition coefficient (Wildman–Crippen LogP) is 1.99. The summed E-state index contributed by atoms with van der Waals surface area (Å²) in [5, 5.41) is 11.8. The summed E-state index contributed by atoms with van der Waals surface area (Å²) in [5.74, 6) is -0.724. The van der Waals surface area contributed by atoms with E-state index in [2.05, 4.69) is 17.2 Å². The minimum atomic E-state index is -0.724. The first kappa shape index (κ1) is 12.6. The highest BCUT2D eigenvalue weighted by atomic mass is 16.4. The number of rotatable bonds is 7. The van der Waals surface area contributed by atoms with E-state index in [1.165, 1.54) is 0 Å². The second kappa shape index (κ2) is 6.95. The summed E-state index contributed by atoms with van der Waals surface area (Å²) < 4.78 is 0. The van der Waals surface area contributed by atoms with Crippen molar-refractivity contribution in [2.24, 2.45) is 0 Å². The van der Waals surface area contributed by atoms with Crippen molar-refractivity contribution in [3.05, 3.63) is 30.1 Å². The SMILES string of the molecule is CC(NCCCCC(=O)O)c1ccccn1. The monoisotopic (exact) mass is 222 g/mol. The second-order valence-corrected chi connectivity index (χ2v) is 3.78. The van der Waals surface area contributed by atoms with Crippen LogP contribution >= 0.6 is 0 Å². The zero-order valence-corrected chi connectivity index (χ0v) is 9.52. The molecule has 0 amide bonds. The summed E-state index contributed by atoms with van der Waals surface area (Å²) in [6.45, 7) is 2.88. The third-order valence-electron chi connectivity index (χ3n) is 2.40. The Kier molecular flexibility index (Phi) is 5.50. The molecule has 0 aliphatic rings. The molecule has 0 radical (unpaired) electrons. The van der Waals surface area contributed by atoms with Crippen LogP contribution in [-0.4, -0.2) is 22.6 Å². The van der Waals surface area contributed by atoms with Gasteiger partial charge in [-0.25, -0.2) is 0 Å². The van der Waals surface area contributed by atoms with Crippen LogP contribution in [0.15, 0.2) is 24.4 Å². The van der Waals surface area contributed by atoms with Crippen LogP contribution in [0, 0.1) is 0 Å². The van der Waals surface area contributed by atoms with Gasteiger partial charge in [0.25, 0.3) is 0 Å². The molecule has 1 aromatic rings. The molecule has 2 N–H and O–H groups in total. The Morgan fingerprint density at radius 1 is 1.50 bits per heavy atom. The molecule has 1 rings (SSSR count). The van der Waals surface area contributed by atoms with Crippen LogP contribution in [0.4, 0.5) is 0 Å². The zero-order chi connectivity index (χ0) is 11.8. The quantitative estimate of drug-likeness (QED) is 0.692. The molecular formula is C12H18N2O2. The largest absolute Gasteiger partial charge is 0.481 e. The number of carboxylic acids is 1. The van der Waals surface area contributed by atoms with E-state index in [-0.39, 0.29) is 12.5 Å². The topological polar surface area (TPSA) is 62.2 Å². The maximum atomic E-state index is 10.3. The van der Waals surface area contributed by atoms with Crippen molar-refractivity contribution in [1.82, 2.24) is 10.3 Å². The highest BCUT2D eigenvalue weighted by Crippen LogP contribution is 2.07. The van der Waals surface area contributed by atoms with Crippen LogP contribution in [0.1, 0.15) is 37.9 Å². The van der Waals surface area contributed by atoms with Gasteiger partial charge < -0.3 is 10.4 Å². The molecule has 0 spiro atoms. The molecule has 0 saturated heterocycles. The average molecular weight is 222 g/mol. The fraction of sp³-hybridized carbons (Fsp3) is 0.500. The summed E-state index contributed by atoms with van der Waals surface area (Å²) in [4.78, 5) is 14.5. The van der Waals surface area contributed by atoms with E-state index in [0.717, 1.165) is 25.1 Å². The van der Waals surface area contributed by atoms with Crippen LogP contribution in [0.2, 0.25) is 0 Å². The van der Waals surface area contributed by atoms with Gasteiger partial charge >= 0.3 is 5.97 Å². The lowest BCUT2D eigenvalue weighted by Gasteiger charge is -2.12. The van der Waals surface area contributed by atoms with Crippen LogP contribution in [0.25, 0.3) is 0 Å². The third-order valence-corrected chi connectivity index (χ3v) is 2.40. The van der Waals surface area contributed by atoms with Crippen molar-refractivity contribution in [3.63, 3.8) is 0 Å². The van der Waals surface area contributed by atoms with Gasteiger partial charge in [0.1, 0.15) is 0 Å². The van der Waals surface area contributed by atoms with Crippen LogP contribution in [0.3, 0.4) is 0 Å². The molecule has 0 fully saturated rings. The minimum Gasteiger partial charge on any atom is -0.481 e. The molecule has 16 heavy (non-hydrogen) atoms. The van der Waals surface area contributed by atoms with Gasteiger partial charge in [-0.3, -0.25) is 9.78 Å². The van der Waals surface area contributed by atoms with Gasteiger partial charge in [0, 0.05) is 18.7 Å².